The second-order valence-electron chi connectivity index (χ2n) is 8.91. The Labute approximate surface area is 198 Å². The summed E-state index contributed by atoms with van der Waals surface area (Å²) in [6, 6.07) is 10.8. The standard InChI is InChI=1S/C26H28FN3O4/c1-17-13-29(16-28-17)21-10-5-18(11-23(21)33-4)12-24-25(32)30(15-26(2,3)34-24)22(14-31)19-6-8-20(27)9-7-19/h5-13,16,22,31H,14-15H2,1-4H3/t22-/m0/s1. The molecule has 1 atom stereocenters. The highest BCUT2D eigenvalue weighted by Crippen LogP contribution is 2.33. The maximum atomic E-state index is 13.4. The second kappa shape index (κ2) is 9.30. The zero-order valence-electron chi connectivity index (χ0n) is 19.7. The molecule has 2 aromatic carbocycles. The van der Waals surface area contributed by atoms with E-state index in [-0.39, 0.29) is 30.6 Å². The SMILES string of the molecule is COc1cc(C=C2OC(C)(C)CN([C@@H](CO)c3ccc(F)cc3)C2=O)ccc1-n1cnc(C)c1. The number of carbonyl (C=O) groups excluding carboxylic acids is 1. The Hall–Kier alpha value is -3.65. The highest BCUT2D eigenvalue weighted by atomic mass is 19.1. The Morgan fingerprint density at radius 2 is 2.00 bits per heavy atom. The number of ether oxygens (including phenoxy) is 2. The predicted molar refractivity (Wildman–Crippen MR) is 126 cm³/mol. The van der Waals surface area contributed by atoms with Crippen LogP contribution in [-0.2, 0) is 9.53 Å². The number of amides is 1. The molecule has 0 aliphatic carbocycles. The fourth-order valence-corrected chi connectivity index (χ4v) is 4.11. The molecule has 1 aromatic heterocycles. The summed E-state index contributed by atoms with van der Waals surface area (Å²) >= 11 is 0. The van der Waals surface area contributed by atoms with Crippen LogP contribution in [0.2, 0.25) is 0 Å². The van der Waals surface area contributed by atoms with E-state index < -0.39 is 11.6 Å². The van der Waals surface area contributed by atoms with Gasteiger partial charge >= 0.3 is 0 Å². The molecule has 1 N–H and O–H groups in total. The number of aryl methyl sites for hydroxylation is 1. The number of carbonyl (C=O) groups is 1. The van der Waals surface area contributed by atoms with E-state index in [0.29, 0.717) is 11.3 Å². The number of morpholine rings is 1. The predicted octanol–water partition coefficient (Wildman–Crippen LogP) is 4.04. The van der Waals surface area contributed by atoms with Crippen LogP contribution in [0.5, 0.6) is 5.75 Å². The first-order valence-corrected chi connectivity index (χ1v) is 11.0. The number of aromatic nitrogens is 2. The van der Waals surface area contributed by atoms with Crippen LogP contribution in [0.15, 0.2) is 60.7 Å². The molecular formula is C26H28FN3O4. The van der Waals surface area contributed by atoms with Crippen LogP contribution in [0.25, 0.3) is 11.8 Å². The summed E-state index contributed by atoms with van der Waals surface area (Å²) in [4.78, 5) is 19.2. The molecule has 1 aliphatic heterocycles. The van der Waals surface area contributed by atoms with Crippen LogP contribution in [0.4, 0.5) is 4.39 Å². The number of aliphatic hydroxyl groups excluding tert-OH is 1. The summed E-state index contributed by atoms with van der Waals surface area (Å²) < 4.78 is 26.9. The molecule has 1 saturated heterocycles. The lowest BCUT2D eigenvalue weighted by Gasteiger charge is -2.43. The number of imidazole rings is 1. The Morgan fingerprint density at radius 1 is 1.26 bits per heavy atom. The van der Waals surface area contributed by atoms with Crippen molar-refractivity contribution >= 4 is 12.0 Å². The monoisotopic (exact) mass is 465 g/mol. The molecular weight excluding hydrogens is 437 g/mol. The summed E-state index contributed by atoms with van der Waals surface area (Å²) in [5.74, 6) is 0.0460. The molecule has 3 aromatic rings. The number of hydrogen-bond acceptors (Lipinski definition) is 5. The van der Waals surface area contributed by atoms with Gasteiger partial charge in [0.25, 0.3) is 5.91 Å². The molecule has 8 heteroatoms. The van der Waals surface area contributed by atoms with Gasteiger partial charge < -0.3 is 24.0 Å². The first-order valence-electron chi connectivity index (χ1n) is 11.0. The van der Waals surface area contributed by atoms with Gasteiger partial charge in [-0.05, 0) is 62.2 Å². The van der Waals surface area contributed by atoms with Crippen LogP contribution in [0.1, 0.15) is 36.7 Å². The molecule has 34 heavy (non-hydrogen) atoms. The first kappa shape index (κ1) is 23.5. The molecule has 0 radical (unpaired) electrons. The van der Waals surface area contributed by atoms with Crippen LogP contribution < -0.4 is 4.74 Å². The summed E-state index contributed by atoms with van der Waals surface area (Å²) in [7, 11) is 1.58. The van der Waals surface area contributed by atoms with Gasteiger partial charge in [-0.15, -0.1) is 0 Å². The topological polar surface area (TPSA) is 76.8 Å². The first-order chi connectivity index (χ1) is 16.2. The molecule has 1 aliphatic rings. The van der Waals surface area contributed by atoms with Gasteiger partial charge in [0.2, 0.25) is 0 Å². The maximum Gasteiger partial charge on any atom is 0.289 e. The number of rotatable bonds is 6. The number of hydrogen-bond donors (Lipinski definition) is 1. The zero-order chi connectivity index (χ0) is 24.5. The van der Waals surface area contributed by atoms with Crippen molar-refractivity contribution in [1.29, 1.82) is 0 Å². The van der Waals surface area contributed by atoms with Crippen molar-refractivity contribution in [3.63, 3.8) is 0 Å². The summed E-state index contributed by atoms with van der Waals surface area (Å²) in [5, 5.41) is 10.1. The van der Waals surface area contributed by atoms with Crippen molar-refractivity contribution in [3.8, 4) is 11.4 Å². The van der Waals surface area contributed by atoms with Gasteiger partial charge in [-0.3, -0.25) is 4.79 Å². The van der Waals surface area contributed by atoms with E-state index >= 15 is 0 Å². The lowest BCUT2D eigenvalue weighted by atomic mass is 9.99. The average molecular weight is 466 g/mol. The largest absolute Gasteiger partial charge is 0.495 e. The quantitative estimate of drug-likeness (QED) is 0.556. The minimum atomic E-state index is -0.689. The second-order valence-corrected chi connectivity index (χ2v) is 8.91. The number of nitrogens with zero attached hydrogens (tertiary/aromatic N) is 3. The van der Waals surface area contributed by atoms with Gasteiger partial charge in [-0.25, -0.2) is 9.37 Å². The van der Waals surface area contributed by atoms with Crippen molar-refractivity contribution in [1.82, 2.24) is 14.5 Å². The number of aliphatic hydroxyl groups is 1. The van der Waals surface area contributed by atoms with E-state index in [1.807, 2.05) is 49.7 Å². The van der Waals surface area contributed by atoms with Gasteiger partial charge in [0.15, 0.2) is 5.76 Å². The van der Waals surface area contributed by atoms with Crippen molar-refractivity contribution in [2.75, 3.05) is 20.3 Å². The fraction of sp³-hybridized carbons (Fsp3) is 0.308. The van der Waals surface area contributed by atoms with E-state index in [9.17, 15) is 14.3 Å². The molecule has 2 heterocycles. The van der Waals surface area contributed by atoms with Gasteiger partial charge in [-0.1, -0.05) is 18.2 Å². The minimum Gasteiger partial charge on any atom is -0.495 e. The van der Waals surface area contributed by atoms with Gasteiger partial charge in [0.05, 0.1) is 44.0 Å². The van der Waals surface area contributed by atoms with Crippen LogP contribution in [-0.4, -0.2) is 51.3 Å². The van der Waals surface area contributed by atoms with E-state index in [1.165, 1.54) is 12.1 Å². The molecule has 0 bridgehead atoms. The van der Waals surface area contributed by atoms with Gasteiger partial charge in [0.1, 0.15) is 17.2 Å². The Bertz CT molecular complexity index is 1220. The molecule has 1 amide bonds. The lowest BCUT2D eigenvalue weighted by molar-refractivity contribution is -0.151. The van der Waals surface area contributed by atoms with Crippen LogP contribution in [0, 0.1) is 12.7 Å². The molecule has 1 fully saturated rings. The summed E-state index contributed by atoms with van der Waals surface area (Å²) in [6.07, 6.45) is 5.28. The van der Waals surface area contributed by atoms with E-state index in [1.54, 1.807) is 36.5 Å². The normalized spacial score (nSPS) is 17.5. The van der Waals surface area contributed by atoms with Crippen LogP contribution in [0.3, 0.4) is 0 Å². The highest BCUT2D eigenvalue weighted by Gasteiger charge is 2.40. The van der Waals surface area contributed by atoms with Crippen molar-refractivity contribution in [2.24, 2.45) is 0 Å². The molecule has 4 rings (SSSR count). The molecule has 7 nitrogen and oxygen atoms in total. The van der Waals surface area contributed by atoms with Crippen molar-refractivity contribution in [3.05, 3.63) is 83.4 Å². The van der Waals surface area contributed by atoms with E-state index in [0.717, 1.165) is 16.9 Å². The Morgan fingerprint density at radius 3 is 2.62 bits per heavy atom. The average Bonchev–Trinajstić information content (AvgIpc) is 3.24. The third kappa shape index (κ3) is 4.82. The minimum absolute atomic E-state index is 0.157. The summed E-state index contributed by atoms with van der Waals surface area (Å²) in [6.45, 7) is 5.64. The van der Waals surface area contributed by atoms with Gasteiger partial charge in [-0.2, -0.15) is 0 Å². The number of halogens is 1. The van der Waals surface area contributed by atoms with Crippen molar-refractivity contribution < 1.29 is 23.8 Å². The number of methoxy groups -OCH3 is 1. The third-order valence-electron chi connectivity index (χ3n) is 5.70. The maximum absolute atomic E-state index is 13.4. The Kier molecular flexibility index (Phi) is 6.43. The fourth-order valence-electron chi connectivity index (χ4n) is 4.11. The van der Waals surface area contributed by atoms with Crippen molar-refractivity contribution in [2.45, 2.75) is 32.4 Å². The third-order valence-corrected chi connectivity index (χ3v) is 5.70. The smallest absolute Gasteiger partial charge is 0.289 e. The molecule has 0 saturated carbocycles. The lowest BCUT2D eigenvalue weighted by Crippen LogP contribution is -2.52. The molecule has 0 spiro atoms. The zero-order valence-corrected chi connectivity index (χ0v) is 19.7. The van der Waals surface area contributed by atoms with E-state index in [2.05, 4.69) is 4.98 Å². The number of benzene rings is 2. The molecule has 178 valence electrons. The Balaban J connectivity index is 1.68. The van der Waals surface area contributed by atoms with Crippen LogP contribution >= 0.6 is 0 Å². The van der Waals surface area contributed by atoms with Gasteiger partial charge in [0, 0.05) is 6.20 Å². The molecule has 0 unspecified atom stereocenters. The van der Waals surface area contributed by atoms with E-state index in [4.69, 9.17) is 9.47 Å². The summed E-state index contributed by atoms with van der Waals surface area (Å²) in [5.41, 5.74) is 2.39. The highest BCUT2D eigenvalue weighted by molar-refractivity contribution is 5.97.